The molecule has 0 amide bonds. The third-order valence-corrected chi connectivity index (χ3v) is 7.16. The number of halogens is 2. The van der Waals surface area contributed by atoms with Gasteiger partial charge in [0.25, 0.3) is 0 Å². The largest absolute Gasteiger partial charge is 0.184 e. The summed E-state index contributed by atoms with van der Waals surface area (Å²) in [6.07, 6.45) is 3.67. The summed E-state index contributed by atoms with van der Waals surface area (Å²) in [5, 5.41) is 5.23. The van der Waals surface area contributed by atoms with E-state index in [1.54, 1.807) is 0 Å². The Balaban J connectivity index is 0.000000234. The predicted octanol–water partition coefficient (Wildman–Crippen LogP) is 11.3. The maximum absolute atomic E-state index is 4.41. The van der Waals surface area contributed by atoms with Crippen molar-refractivity contribution in [2.45, 2.75) is 13.8 Å². The normalized spacial score (nSPS) is 9.27. The minimum Gasteiger partial charge on any atom is -0.184 e. The average molecular weight is 759 g/mol. The fourth-order valence-corrected chi connectivity index (χ4v) is 4.95. The number of hydrogen-bond acceptors (Lipinski definition) is 2. The van der Waals surface area contributed by atoms with Gasteiger partial charge in [-0.15, -0.1) is 81.8 Å². The van der Waals surface area contributed by atoms with Crippen molar-refractivity contribution in [3.8, 4) is 22.5 Å². The van der Waals surface area contributed by atoms with Crippen LogP contribution >= 0.6 is 24.8 Å². The minimum atomic E-state index is 0. The number of aromatic nitrogens is 2. The fourth-order valence-electron chi connectivity index (χ4n) is 4.95. The molecule has 2 aromatic heterocycles. The summed E-state index contributed by atoms with van der Waals surface area (Å²) < 4.78 is 0. The number of hydrogen-bond donors (Lipinski definition) is 0. The first-order valence-corrected chi connectivity index (χ1v) is 19.1. The smallest absolute Gasteiger partial charge is 0.171 e. The summed E-state index contributed by atoms with van der Waals surface area (Å²) in [4.78, 5) is 8.82. The van der Waals surface area contributed by atoms with Crippen LogP contribution in [0.25, 0.3) is 44.1 Å². The van der Waals surface area contributed by atoms with Gasteiger partial charge in [-0.05, 0) is 35.4 Å². The Morgan fingerprint density at radius 1 is 0.500 bits per heavy atom. The molecule has 0 aliphatic carbocycles. The molecule has 0 saturated carbocycles. The monoisotopic (exact) mass is 756 g/mol. The van der Waals surface area contributed by atoms with Gasteiger partial charge in [0.1, 0.15) is 0 Å². The van der Waals surface area contributed by atoms with Crippen molar-refractivity contribution < 1.29 is 23.3 Å². The van der Waals surface area contributed by atoms with E-state index in [0.29, 0.717) is 0 Å². The van der Waals surface area contributed by atoms with E-state index in [1.807, 2.05) is 97.3 Å². The quantitative estimate of drug-likeness (QED) is 0.130. The van der Waals surface area contributed by atoms with Crippen LogP contribution in [-0.2, 0) is 23.3 Å². The third-order valence-electron chi connectivity index (χ3n) is 7.16. The maximum atomic E-state index is 4.41. The van der Waals surface area contributed by atoms with E-state index in [1.165, 1.54) is 67.1 Å². The molecule has 8 aromatic rings. The Hall–Kier alpha value is -3.92. The zero-order valence-corrected chi connectivity index (χ0v) is 32.0. The first-order valence-electron chi connectivity index (χ1n) is 14.9. The van der Waals surface area contributed by atoms with Crippen LogP contribution < -0.4 is 0 Å². The van der Waals surface area contributed by atoms with E-state index in [2.05, 4.69) is 116 Å². The molecule has 0 aliphatic heterocycles. The fraction of sp³-hybridized carbons (Fsp3) is 0.0476. The van der Waals surface area contributed by atoms with Crippen LogP contribution in [0.2, 0.25) is 0 Å². The first-order chi connectivity index (χ1) is 22.7. The minimum absolute atomic E-state index is 0. The summed E-state index contributed by atoms with van der Waals surface area (Å²) in [6, 6.07) is 58.5. The Labute approximate surface area is 314 Å². The number of nitrogens with zero attached hydrogens (tertiary/aromatic N) is 2. The summed E-state index contributed by atoms with van der Waals surface area (Å²) in [6.45, 7) is 7.35. The summed E-state index contributed by atoms with van der Waals surface area (Å²) in [5.74, 6) is 0. The van der Waals surface area contributed by atoms with E-state index in [4.69, 9.17) is 0 Å². The average Bonchev–Trinajstić information content (AvgIpc) is 3.85. The molecule has 0 saturated heterocycles. The van der Waals surface area contributed by atoms with Gasteiger partial charge in [0, 0.05) is 12.4 Å². The van der Waals surface area contributed by atoms with Crippen molar-refractivity contribution in [2.75, 3.05) is 0 Å². The number of aryl methyl sites for hydroxylation is 2. The van der Waals surface area contributed by atoms with Gasteiger partial charge >= 0.3 is 30.2 Å². The first kappa shape index (κ1) is 40.3. The van der Waals surface area contributed by atoms with E-state index in [9.17, 15) is 0 Å². The maximum Gasteiger partial charge on any atom is -0.171 e. The molecular weight excluding hydrogens is 723 g/mol. The van der Waals surface area contributed by atoms with Crippen molar-refractivity contribution in [2.24, 2.45) is 0 Å². The van der Waals surface area contributed by atoms with Crippen LogP contribution in [0.4, 0.5) is 0 Å². The molecule has 8 rings (SSSR count). The van der Waals surface area contributed by atoms with E-state index >= 15 is 0 Å². The Bertz CT molecular complexity index is 1800. The van der Waals surface area contributed by atoms with Crippen LogP contribution in [0.3, 0.4) is 0 Å². The van der Waals surface area contributed by atoms with E-state index in [0.717, 1.165) is 11.4 Å². The Morgan fingerprint density at radius 3 is 1.19 bits per heavy atom. The van der Waals surface area contributed by atoms with Crippen LogP contribution in [0.5, 0.6) is 0 Å². The van der Waals surface area contributed by atoms with E-state index in [-0.39, 0.29) is 24.8 Å². The van der Waals surface area contributed by atoms with Crippen LogP contribution in [0, 0.1) is 26.0 Å². The molecule has 6 aromatic carbocycles. The van der Waals surface area contributed by atoms with Crippen molar-refractivity contribution in [1.29, 1.82) is 0 Å². The Morgan fingerprint density at radius 2 is 0.896 bits per heavy atom. The van der Waals surface area contributed by atoms with Gasteiger partial charge in [-0.2, -0.15) is 97.1 Å². The second-order valence-electron chi connectivity index (χ2n) is 10.2. The van der Waals surface area contributed by atoms with Crippen molar-refractivity contribution >= 4 is 53.2 Å². The molecule has 0 fully saturated rings. The molecule has 240 valence electrons. The van der Waals surface area contributed by atoms with Crippen molar-refractivity contribution in [1.82, 2.24) is 9.97 Å². The molecule has 6 heteroatoms. The van der Waals surface area contributed by atoms with Gasteiger partial charge in [0.15, 0.2) is 0 Å². The van der Waals surface area contributed by atoms with Gasteiger partial charge in [-0.25, -0.2) is 0 Å². The van der Waals surface area contributed by atoms with Crippen LogP contribution in [0.1, 0.15) is 11.1 Å². The molecule has 0 bridgehead atoms. The molecule has 0 aliphatic rings. The molecule has 0 N–H and O–H groups in total. The Kier molecular flexibility index (Phi) is 19.0. The molecular formula is C42H36Cl2N2SiZr-4. The SMILES string of the molecule is Cc1ccc(-c2ccccn2)c2cc[cH-]c12.Cc1ccc(-c2ccccn2)c2cc[cH-]c12.Cl.Cl.[Si]=[Zr].[c-]1ccccc1.[c-]1ccccc1. The van der Waals surface area contributed by atoms with Crippen LogP contribution in [0.15, 0.2) is 170 Å². The van der Waals surface area contributed by atoms with Gasteiger partial charge in [-0.1, -0.05) is 38.1 Å². The predicted molar refractivity (Wildman–Crippen MR) is 206 cm³/mol. The molecule has 2 heterocycles. The zero-order chi connectivity index (χ0) is 32.4. The second-order valence-corrected chi connectivity index (χ2v) is 10.2. The second kappa shape index (κ2) is 22.6. The number of rotatable bonds is 2. The van der Waals surface area contributed by atoms with Gasteiger partial charge in [-0.3, -0.25) is 9.97 Å². The van der Waals surface area contributed by atoms with Crippen molar-refractivity contribution in [3.05, 3.63) is 193 Å². The molecule has 2 nitrogen and oxygen atoms in total. The molecule has 0 spiro atoms. The molecule has 0 atom stereocenters. The van der Waals surface area contributed by atoms with Gasteiger partial charge in [0.05, 0.1) is 11.4 Å². The number of pyridine rings is 2. The van der Waals surface area contributed by atoms with Crippen LogP contribution in [-0.4, -0.2) is 16.8 Å². The van der Waals surface area contributed by atoms with Gasteiger partial charge in [0.2, 0.25) is 0 Å². The molecule has 2 radical (unpaired) electrons. The topological polar surface area (TPSA) is 25.8 Å². The standard InChI is InChI=1S/2C15H12N.2C6H5.2ClH.Si.Zr/c2*1-11-8-9-14(13-6-4-5-12(11)13)15-7-2-3-10-16-15;2*1-2-4-6-5-3-1;;;;/h2*2-10H,1H3;2*1-5H;2*1H;;/q4*-1;;;;. The zero-order valence-electron chi connectivity index (χ0n) is 26.9. The van der Waals surface area contributed by atoms with Crippen molar-refractivity contribution in [3.63, 3.8) is 0 Å². The third kappa shape index (κ3) is 11.6. The summed E-state index contributed by atoms with van der Waals surface area (Å²) >= 11 is 1.36. The summed E-state index contributed by atoms with van der Waals surface area (Å²) in [5.41, 5.74) is 7.15. The number of benzene rings is 4. The molecule has 0 unspecified atom stereocenters. The van der Waals surface area contributed by atoms with Gasteiger partial charge < -0.3 is 0 Å². The van der Waals surface area contributed by atoms with E-state index < -0.39 is 0 Å². The summed E-state index contributed by atoms with van der Waals surface area (Å²) in [7, 11) is 0. The number of fused-ring (bicyclic) bond motifs is 2. The molecule has 48 heavy (non-hydrogen) atoms.